The van der Waals surface area contributed by atoms with E-state index in [1.54, 1.807) is 19.1 Å². The lowest BCUT2D eigenvalue weighted by Crippen LogP contribution is -2.00. The Bertz CT molecular complexity index is 655. The molecule has 0 amide bonds. The third-order valence-corrected chi connectivity index (χ3v) is 3.88. The number of carbonyl (C=O) groups is 1. The van der Waals surface area contributed by atoms with Gasteiger partial charge in [0, 0.05) is 5.56 Å². The van der Waals surface area contributed by atoms with Crippen molar-refractivity contribution in [2.75, 3.05) is 21.3 Å². The van der Waals surface area contributed by atoms with Crippen molar-refractivity contribution in [1.82, 2.24) is 4.98 Å². The number of aromatic carboxylic acids is 1. The number of hydrogen-bond acceptors (Lipinski definition) is 6. The van der Waals surface area contributed by atoms with E-state index in [-0.39, 0.29) is 5.69 Å². The molecule has 0 aliphatic rings. The fourth-order valence-electron chi connectivity index (χ4n) is 1.98. The van der Waals surface area contributed by atoms with Gasteiger partial charge in [0.25, 0.3) is 0 Å². The molecule has 0 aliphatic carbocycles. The average Bonchev–Trinajstić information content (AvgIpc) is 2.87. The van der Waals surface area contributed by atoms with Crippen LogP contribution in [0.3, 0.4) is 0 Å². The number of carboxylic acids is 1. The van der Waals surface area contributed by atoms with E-state index in [9.17, 15) is 9.90 Å². The highest BCUT2D eigenvalue weighted by Gasteiger charge is 2.21. The number of aryl methyl sites for hydroxylation is 1. The Balaban J connectivity index is 2.67. The molecule has 21 heavy (non-hydrogen) atoms. The van der Waals surface area contributed by atoms with Crippen molar-refractivity contribution < 1.29 is 24.1 Å². The van der Waals surface area contributed by atoms with Crippen LogP contribution >= 0.6 is 11.3 Å². The zero-order valence-electron chi connectivity index (χ0n) is 12.1. The molecule has 1 heterocycles. The molecular formula is C14H15NO5S. The van der Waals surface area contributed by atoms with Crippen LogP contribution in [0.4, 0.5) is 0 Å². The highest BCUT2D eigenvalue weighted by molar-refractivity contribution is 7.15. The number of hydrogen-bond donors (Lipinski definition) is 1. The molecule has 0 saturated heterocycles. The molecule has 0 unspecified atom stereocenters. The maximum absolute atomic E-state index is 11.3. The lowest BCUT2D eigenvalue weighted by atomic mass is 10.1. The molecule has 0 atom stereocenters. The Labute approximate surface area is 125 Å². The van der Waals surface area contributed by atoms with Gasteiger partial charge in [0.1, 0.15) is 0 Å². The summed E-state index contributed by atoms with van der Waals surface area (Å²) in [6.45, 7) is 1.76. The van der Waals surface area contributed by atoms with Gasteiger partial charge >= 0.3 is 5.97 Å². The minimum Gasteiger partial charge on any atom is -0.493 e. The lowest BCUT2D eigenvalue weighted by Gasteiger charge is -2.13. The summed E-state index contributed by atoms with van der Waals surface area (Å²) >= 11 is 1.30. The minimum absolute atomic E-state index is 0.0202. The number of aromatic nitrogens is 1. The Morgan fingerprint density at radius 2 is 1.71 bits per heavy atom. The van der Waals surface area contributed by atoms with E-state index >= 15 is 0 Å². The Morgan fingerprint density at radius 3 is 2.14 bits per heavy atom. The van der Waals surface area contributed by atoms with Crippen molar-refractivity contribution in [3.63, 3.8) is 0 Å². The largest absolute Gasteiger partial charge is 0.493 e. The van der Waals surface area contributed by atoms with E-state index in [1.165, 1.54) is 32.7 Å². The van der Waals surface area contributed by atoms with Gasteiger partial charge in [-0.2, -0.15) is 0 Å². The Morgan fingerprint density at radius 1 is 1.14 bits per heavy atom. The molecule has 0 fully saturated rings. The number of methoxy groups -OCH3 is 3. The fraction of sp³-hybridized carbons (Fsp3) is 0.286. The zero-order chi connectivity index (χ0) is 15.6. The van der Waals surface area contributed by atoms with Crippen LogP contribution in [0.5, 0.6) is 17.2 Å². The van der Waals surface area contributed by atoms with Crippen molar-refractivity contribution in [2.24, 2.45) is 0 Å². The van der Waals surface area contributed by atoms with E-state index in [2.05, 4.69) is 4.98 Å². The van der Waals surface area contributed by atoms with Gasteiger partial charge in [-0.15, -0.1) is 11.3 Å². The summed E-state index contributed by atoms with van der Waals surface area (Å²) in [6, 6.07) is 3.42. The molecule has 1 N–H and O–H groups in total. The second-order valence-electron chi connectivity index (χ2n) is 4.13. The summed E-state index contributed by atoms with van der Waals surface area (Å²) < 4.78 is 15.8. The first kappa shape index (κ1) is 15.1. The van der Waals surface area contributed by atoms with Crippen molar-refractivity contribution in [1.29, 1.82) is 0 Å². The van der Waals surface area contributed by atoms with Gasteiger partial charge in [0.05, 0.1) is 31.2 Å². The molecule has 0 bridgehead atoms. The normalized spacial score (nSPS) is 10.3. The first-order chi connectivity index (χ1) is 10.0. The van der Waals surface area contributed by atoms with Crippen LogP contribution < -0.4 is 14.2 Å². The third-order valence-electron chi connectivity index (χ3n) is 2.86. The SMILES string of the molecule is COc1cc(-c2sc(C)nc2C(=O)O)cc(OC)c1OC. The predicted octanol–water partition coefficient (Wildman–Crippen LogP) is 2.84. The van der Waals surface area contributed by atoms with Gasteiger partial charge in [-0.1, -0.05) is 0 Å². The molecule has 0 spiro atoms. The standard InChI is InChI=1S/C14H15NO5S/c1-7-15-11(14(16)17)13(21-7)8-5-9(18-2)12(20-4)10(6-8)19-3/h5-6H,1-4H3,(H,16,17). The first-order valence-electron chi connectivity index (χ1n) is 6.03. The molecule has 0 saturated carbocycles. The van der Waals surface area contributed by atoms with Crippen LogP contribution in [0, 0.1) is 6.92 Å². The molecule has 6 nitrogen and oxygen atoms in total. The monoisotopic (exact) mass is 309 g/mol. The molecule has 2 aromatic rings. The minimum atomic E-state index is -1.07. The van der Waals surface area contributed by atoms with Crippen LogP contribution in [0.1, 0.15) is 15.5 Å². The summed E-state index contributed by atoms with van der Waals surface area (Å²) in [6.07, 6.45) is 0. The number of rotatable bonds is 5. The smallest absolute Gasteiger partial charge is 0.356 e. The highest BCUT2D eigenvalue weighted by Crippen LogP contribution is 2.43. The van der Waals surface area contributed by atoms with Crippen LogP contribution in [0.15, 0.2) is 12.1 Å². The number of ether oxygens (including phenoxy) is 3. The predicted molar refractivity (Wildman–Crippen MR) is 78.9 cm³/mol. The molecule has 7 heteroatoms. The summed E-state index contributed by atoms with van der Waals surface area (Å²) in [7, 11) is 4.54. The highest BCUT2D eigenvalue weighted by atomic mass is 32.1. The quantitative estimate of drug-likeness (QED) is 0.915. The molecule has 0 aliphatic heterocycles. The summed E-state index contributed by atoms with van der Waals surface area (Å²) in [5.74, 6) is 0.327. The van der Waals surface area contributed by atoms with E-state index in [1.807, 2.05) is 0 Å². The summed E-state index contributed by atoms with van der Waals surface area (Å²) in [5, 5.41) is 9.93. The summed E-state index contributed by atoms with van der Waals surface area (Å²) in [4.78, 5) is 15.9. The van der Waals surface area contributed by atoms with Gasteiger partial charge in [-0.3, -0.25) is 0 Å². The van der Waals surface area contributed by atoms with Crippen LogP contribution in [-0.4, -0.2) is 37.4 Å². The number of benzene rings is 1. The van der Waals surface area contributed by atoms with Gasteiger partial charge in [-0.25, -0.2) is 9.78 Å². The molecule has 1 aromatic carbocycles. The van der Waals surface area contributed by atoms with Crippen LogP contribution in [0.25, 0.3) is 10.4 Å². The van der Waals surface area contributed by atoms with Crippen LogP contribution in [-0.2, 0) is 0 Å². The number of nitrogens with zero attached hydrogens (tertiary/aromatic N) is 1. The zero-order valence-corrected chi connectivity index (χ0v) is 12.9. The maximum Gasteiger partial charge on any atom is 0.356 e. The third kappa shape index (κ3) is 2.78. The molecule has 1 aromatic heterocycles. The topological polar surface area (TPSA) is 77.9 Å². The van der Waals surface area contributed by atoms with Gasteiger partial charge in [0.15, 0.2) is 17.2 Å². The van der Waals surface area contributed by atoms with Crippen molar-refractivity contribution >= 4 is 17.3 Å². The van der Waals surface area contributed by atoms with Crippen molar-refractivity contribution in [3.8, 4) is 27.7 Å². The number of thiazole rings is 1. The molecule has 0 radical (unpaired) electrons. The Kier molecular flexibility index (Phi) is 4.32. The molecule has 112 valence electrons. The van der Waals surface area contributed by atoms with Crippen molar-refractivity contribution in [2.45, 2.75) is 6.92 Å². The van der Waals surface area contributed by atoms with E-state index in [0.717, 1.165) is 0 Å². The van der Waals surface area contributed by atoms with Crippen molar-refractivity contribution in [3.05, 3.63) is 22.8 Å². The maximum atomic E-state index is 11.3. The van der Waals surface area contributed by atoms with Gasteiger partial charge in [0.2, 0.25) is 5.75 Å². The van der Waals surface area contributed by atoms with Gasteiger partial charge < -0.3 is 19.3 Å². The van der Waals surface area contributed by atoms with E-state index < -0.39 is 5.97 Å². The van der Waals surface area contributed by atoms with Gasteiger partial charge in [-0.05, 0) is 19.1 Å². The second-order valence-corrected chi connectivity index (χ2v) is 5.33. The Hall–Kier alpha value is -2.28. The average molecular weight is 309 g/mol. The van der Waals surface area contributed by atoms with Crippen LogP contribution in [0.2, 0.25) is 0 Å². The fourth-order valence-corrected chi connectivity index (χ4v) is 2.88. The second kappa shape index (κ2) is 6.01. The molecule has 2 rings (SSSR count). The van der Waals surface area contributed by atoms with E-state index in [0.29, 0.717) is 32.7 Å². The molecular weight excluding hydrogens is 294 g/mol. The lowest BCUT2D eigenvalue weighted by molar-refractivity contribution is 0.0692. The number of carboxylic acid groups (broad SMARTS) is 1. The van der Waals surface area contributed by atoms with E-state index in [4.69, 9.17) is 14.2 Å². The summed E-state index contributed by atoms with van der Waals surface area (Å²) in [5.41, 5.74) is 0.680. The first-order valence-corrected chi connectivity index (χ1v) is 6.84.